The van der Waals surface area contributed by atoms with Crippen molar-refractivity contribution in [2.75, 3.05) is 26.6 Å². The fraction of sp³-hybridized carbons (Fsp3) is 0.278. The number of halogens is 1. The van der Waals surface area contributed by atoms with Crippen LogP contribution >= 0.6 is 15.9 Å². The number of benzene rings is 2. The van der Waals surface area contributed by atoms with Crippen LogP contribution in [0.2, 0.25) is 0 Å². The van der Waals surface area contributed by atoms with E-state index in [0.29, 0.717) is 29.4 Å². The number of nitrogens with one attached hydrogen (secondary N) is 1. The molecule has 1 aliphatic heterocycles. The van der Waals surface area contributed by atoms with Gasteiger partial charge in [-0.15, -0.1) is 0 Å². The van der Waals surface area contributed by atoms with Gasteiger partial charge in [0.05, 0.1) is 27.0 Å². The van der Waals surface area contributed by atoms with E-state index in [1.54, 1.807) is 27.4 Å². The first-order chi connectivity index (χ1) is 11.6. The normalized spacial score (nSPS) is 16.2. The Morgan fingerprint density at radius 1 is 1.08 bits per heavy atom. The third kappa shape index (κ3) is 2.82. The Labute approximate surface area is 149 Å². The fourth-order valence-corrected chi connectivity index (χ4v) is 3.54. The highest BCUT2D eigenvalue weighted by Crippen LogP contribution is 2.51. The summed E-state index contributed by atoms with van der Waals surface area (Å²) in [5.41, 5.74) is 2.62. The quantitative estimate of drug-likeness (QED) is 0.856. The van der Waals surface area contributed by atoms with Crippen LogP contribution in [0.25, 0.3) is 0 Å². The zero-order valence-electron chi connectivity index (χ0n) is 13.7. The van der Waals surface area contributed by atoms with Crippen molar-refractivity contribution < 1.29 is 19.0 Å². The summed E-state index contributed by atoms with van der Waals surface area (Å²) in [4.78, 5) is 12.2. The molecule has 1 unspecified atom stereocenters. The summed E-state index contributed by atoms with van der Waals surface area (Å²) in [6, 6.07) is 9.72. The van der Waals surface area contributed by atoms with Gasteiger partial charge in [0.15, 0.2) is 11.5 Å². The van der Waals surface area contributed by atoms with Gasteiger partial charge in [0.25, 0.3) is 0 Å². The van der Waals surface area contributed by atoms with Gasteiger partial charge in [-0.05, 0) is 17.7 Å². The minimum Gasteiger partial charge on any atom is -0.493 e. The predicted molar refractivity (Wildman–Crippen MR) is 95.3 cm³/mol. The van der Waals surface area contributed by atoms with Gasteiger partial charge in [-0.1, -0.05) is 28.1 Å². The summed E-state index contributed by atoms with van der Waals surface area (Å²) in [6.07, 6.45) is 0.343. The van der Waals surface area contributed by atoms with Gasteiger partial charge < -0.3 is 19.5 Å². The maximum Gasteiger partial charge on any atom is 0.225 e. The number of amides is 1. The van der Waals surface area contributed by atoms with Crippen molar-refractivity contribution in [1.29, 1.82) is 0 Å². The standard InChI is InChI=1S/C18H18BrNO4/c1-22-14-9-13-16(18(24-3)17(14)23-2)12(8-15(21)20-13)10-5-4-6-11(19)7-10/h4-7,9,12H,8H2,1-3H3,(H,20,21). The minimum atomic E-state index is -0.124. The van der Waals surface area contributed by atoms with Crippen molar-refractivity contribution in [2.24, 2.45) is 0 Å². The van der Waals surface area contributed by atoms with E-state index in [0.717, 1.165) is 15.6 Å². The average Bonchev–Trinajstić information content (AvgIpc) is 2.59. The number of carbonyl (C=O) groups is 1. The number of ether oxygens (including phenoxy) is 3. The number of rotatable bonds is 4. The van der Waals surface area contributed by atoms with Crippen LogP contribution in [0.1, 0.15) is 23.5 Å². The van der Waals surface area contributed by atoms with Gasteiger partial charge in [0, 0.05) is 28.4 Å². The topological polar surface area (TPSA) is 56.8 Å². The Kier molecular flexibility index (Phi) is 4.66. The maximum atomic E-state index is 12.2. The van der Waals surface area contributed by atoms with E-state index in [2.05, 4.69) is 21.2 Å². The number of anilines is 1. The molecule has 2 aromatic rings. The van der Waals surface area contributed by atoms with Crippen molar-refractivity contribution in [3.05, 3.63) is 45.9 Å². The monoisotopic (exact) mass is 391 g/mol. The van der Waals surface area contributed by atoms with E-state index in [-0.39, 0.29) is 11.8 Å². The SMILES string of the molecule is COc1cc2c(c(OC)c1OC)C(c1cccc(Br)c1)CC(=O)N2. The summed E-state index contributed by atoms with van der Waals surface area (Å²) < 4.78 is 17.5. The molecular formula is C18H18BrNO4. The molecule has 0 bridgehead atoms. The van der Waals surface area contributed by atoms with Crippen molar-refractivity contribution in [3.63, 3.8) is 0 Å². The highest BCUT2D eigenvalue weighted by atomic mass is 79.9. The molecule has 0 aromatic heterocycles. The van der Waals surface area contributed by atoms with Crippen LogP contribution in [0, 0.1) is 0 Å². The molecular weight excluding hydrogens is 374 g/mol. The lowest BCUT2D eigenvalue weighted by Crippen LogP contribution is -2.24. The predicted octanol–water partition coefficient (Wildman–Crippen LogP) is 3.95. The van der Waals surface area contributed by atoms with E-state index >= 15 is 0 Å². The zero-order valence-corrected chi connectivity index (χ0v) is 15.3. The maximum absolute atomic E-state index is 12.2. The van der Waals surface area contributed by atoms with E-state index in [4.69, 9.17) is 14.2 Å². The summed E-state index contributed by atoms with van der Waals surface area (Å²) >= 11 is 3.49. The fourth-order valence-electron chi connectivity index (χ4n) is 3.12. The molecule has 1 aliphatic rings. The molecule has 6 heteroatoms. The third-order valence-corrected chi connectivity index (χ3v) is 4.62. The van der Waals surface area contributed by atoms with Crippen LogP contribution < -0.4 is 19.5 Å². The molecule has 2 aromatic carbocycles. The molecule has 5 nitrogen and oxygen atoms in total. The summed E-state index contributed by atoms with van der Waals surface area (Å²) in [6.45, 7) is 0. The summed E-state index contributed by atoms with van der Waals surface area (Å²) in [5.74, 6) is 1.46. The molecule has 24 heavy (non-hydrogen) atoms. The van der Waals surface area contributed by atoms with Crippen molar-refractivity contribution in [1.82, 2.24) is 0 Å². The highest BCUT2D eigenvalue weighted by molar-refractivity contribution is 9.10. The Bertz CT molecular complexity index is 791. The van der Waals surface area contributed by atoms with Crippen LogP contribution in [0.4, 0.5) is 5.69 Å². The van der Waals surface area contributed by atoms with Crippen molar-refractivity contribution >= 4 is 27.5 Å². The molecule has 126 valence electrons. The van der Waals surface area contributed by atoms with Crippen LogP contribution in [0.3, 0.4) is 0 Å². The van der Waals surface area contributed by atoms with Crippen molar-refractivity contribution in [3.8, 4) is 17.2 Å². The van der Waals surface area contributed by atoms with E-state index in [1.165, 1.54) is 0 Å². The average molecular weight is 392 g/mol. The summed E-state index contributed by atoms with van der Waals surface area (Å²) in [7, 11) is 4.72. The van der Waals surface area contributed by atoms with Crippen LogP contribution in [0.15, 0.2) is 34.8 Å². The van der Waals surface area contributed by atoms with Gasteiger partial charge >= 0.3 is 0 Å². The van der Waals surface area contributed by atoms with E-state index < -0.39 is 0 Å². The second kappa shape index (κ2) is 6.73. The minimum absolute atomic E-state index is 0.0400. The first-order valence-electron chi connectivity index (χ1n) is 7.47. The molecule has 1 amide bonds. The van der Waals surface area contributed by atoms with Gasteiger partial charge in [-0.2, -0.15) is 0 Å². The molecule has 0 saturated heterocycles. The van der Waals surface area contributed by atoms with Gasteiger partial charge in [-0.3, -0.25) is 4.79 Å². The van der Waals surface area contributed by atoms with E-state index in [9.17, 15) is 4.79 Å². The number of carbonyl (C=O) groups excluding carboxylic acids is 1. The Morgan fingerprint density at radius 2 is 1.83 bits per heavy atom. The second-order valence-electron chi connectivity index (χ2n) is 5.47. The molecule has 0 aliphatic carbocycles. The lowest BCUT2D eigenvalue weighted by atomic mass is 9.84. The molecule has 1 N–H and O–H groups in total. The molecule has 3 rings (SSSR count). The molecule has 1 heterocycles. The molecule has 0 saturated carbocycles. The smallest absolute Gasteiger partial charge is 0.225 e. The van der Waals surface area contributed by atoms with Gasteiger partial charge in [-0.25, -0.2) is 0 Å². The molecule has 0 spiro atoms. The zero-order chi connectivity index (χ0) is 17.3. The Morgan fingerprint density at radius 3 is 2.46 bits per heavy atom. The van der Waals surface area contributed by atoms with Crippen molar-refractivity contribution in [2.45, 2.75) is 12.3 Å². The first kappa shape index (κ1) is 16.6. The molecule has 0 fully saturated rings. The van der Waals surface area contributed by atoms with Gasteiger partial charge in [0.2, 0.25) is 11.7 Å². The molecule has 0 radical (unpaired) electrons. The lowest BCUT2D eigenvalue weighted by Gasteiger charge is -2.29. The number of hydrogen-bond donors (Lipinski definition) is 1. The van der Waals surface area contributed by atoms with Crippen LogP contribution in [-0.2, 0) is 4.79 Å². The number of hydrogen-bond acceptors (Lipinski definition) is 4. The lowest BCUT2D eigenvalue weighted by molar-refractivity contribution is -0.116. The van der Waals surface area contributed by atoms with Gasteiger partial charge in [0.1, 0.15) is 0 Å². The number of fused-ring (bicyclic) bond motifs is 1. The number of methoxy groups -OCH3 is 3. The Balaban J connectivity index is 2.25. The first-order valence-corrected chi connectivity index (χ1v) is 8.26. The van der Waals surface area contributed by atoms with Crippen LogP contribution in [-0.4, -0.2) is 27.2 Å². The highest BCUT2D eigenvalue weighted by Gasteiger charge is 2.33. The third-order valence-electron chi connectivity index (χ3n) is 4.13. The molecule has 1 atom stereocenters. The van der Waals surface area contributed by atoms with E-state index in [1.807, 2.05) is 24.3 Å². The summed E-state index contributed by atoms with van der Waals surface area (Å²) in [5, 5.41) is 2.91. The second-order valence-corrected chi connectivity index (χ2v) is 6.38. The largest absolute Gasteiger partial charge is 0.493 e. The Hall–Kier alpha value is -2.21. The van der Waals surface area contributed by atoms with Crippen LogP contribution in [0.5, 0.6) is 17.2 Å².